The van der Waals surface area contributed by atoms with Crippen molar-refractivity contribution in [3.8, 4) is 17.2 Å². The van der Waals surface area contributed by atoms with E-state index in [0.29, 0.717) is 18.9 Å². The average Bonchev–Trinajstić information content (AvgIpc) is 2.84. The van der Waals surface area contributed by atoms with Gasteiger partial charge in [-0.3, -0.25) is 15.1 Å². The Morgan fingerprint density at radius 2 is 1.82 bits per heavy atom. The molecule has 176 valence electrons. The molecule has 7 nitrogen and oxygen atoms in total. The van der Waals surface area contributed by atoms with Crippen molar-refractivity contribution in [2.45, 2.75) is 13.2 Å². The lowest BCUT2D eigenvalue weighted by Gasteiger charge is -2.29. The summed E-state index contributed by atoms with van der Waals surface area (Å²) >= 11 is 0. The summed E-state index contributed by atoms with van der Waals surface area (Å²) in [5, 5.41) is 10.2. The van der Waals surface area contributed by atoms with Crippen LogP contribution in [0.2, 0.25) is 0 Å². The molecule has 1 aromatic carbocycles. The zero-order valence-electron chi connectivity index (χ0n) is 18.3. The van der Waals surface area contributed by atoms with Gasteiger partial charge in [-0.05, 0) is 31.2 Å². The van der Waals surface area contributed by atoms with Gasteiger partial charge < -0.3 is 9.64 Å². The number of benzene rings is 1. The fourth-order valence-corrected chi connectivity index (χ4v) is 3.31. The number of carbonyl (C=O) groups is 1. The predicted octanol–water partition coefficient (Wildman–Crippen LogP) is 4.10. The third-order valence-corrected chi connectivity index (χ3v) is 4.93. The van der Waals surface area contributed by atoms with Crippen molar-refractivity contribution in [2.75, 3.05) is 31.2 Å². The molecule has 1 fully saturated rings. The third-order valence-electron chi connectivity index (χ3n) is 4.93. The van der Waals surface area contributed by atoms with Crippen LogP contribution in [0, 0.1) is 18.3 Å². The van der Waals surface area contributed by atoms with Crippen LogP contribution in [0.4, 0.5) is 18.9 Å². The Hall–Kier alpha value is -3.97. The zero-order valence-corrected chi connectivity index (χ0v) is 18.3. The fraction of sp³-hybridized carbons (Fsp3) is 0.250. The van der Waals surface area contributed by atoms with Crippen LogP contribution in [0.5, 0.6) is 0 Å². The molecule has 2 aromatic heterocycles. The SMILES string of the molecule is Cc1ncccc1-c1cnc(C#N)c(N2CCOCC2)c1.O=C(NC(F)(F)F)c1ccccc1. The molecule has 1 aliphatic rings. The van der Waals surface area contributed by atoms with E-state index in [1.807, 2.05) is 25.1 Å². The van der Waals surface area contributed by atoms with Gasteiger partial charge in [0.25, 0.3) is 5.91 Å². The van der Waals surface area contributed by atoms with E-state index >= 15 is 0 Å². The van der Waals surface area contributed by atoms with E-state index in [1.54, 1.807) is 18.5 Å². The highest BCUT2D eigenvalue weighted by molar-refractivity contribution is 5.94. The lowest BCUT2D eigenvalue weighted by Crippen LogP contribution is -2.37. The van der Waals surface area contributed by atoms with Crippen LogP contribution in [0.25, 0.3) is 11.1 Å². The van der Waals surface area contributed by atoms with Crippen molar-refractivity contribution < 1.29 is 22.7 Å². The molecule has 1 saturated heterocycles. The first-order valence-corrected chi connectivity index (χ1v) is 10.4. The van der Waals surface area contributed by atoms with E-state index in [2.05, 4.69) is 20.9 Å². The number of carbonyl (C=O) groups excluding carboxylic acids is 1. The maximum atomic E-state index is 11.7. The predicted molar refractivity (Wildman–Crippen MR) is 120 cm³/mol. The van der Waals surface area contributed by atoms with E-state index in [9.17, 15) is 23.2 Å². The number of aryl methyl sites for hydroxylation is 1. The molecule has 3 aromatic rings. The van der Waals surface area contributed by atoms with Gasteiger partial charge in [-0.15, -0.1) is 0 Å². The fourth-order valence-electron chi connectivity index (χ4n) is 3.31. The highest BCUT2D eigenvalue weighted by atomic mass is 19.4. The quantitative estimate of drug-likeness (QED) is 0.581. The van der Waals surface area contributed by atoms with E-state index < -0.39 is 12.2 Å². The van der Waals surface area contributed by atoms with Crippen LogP contribution in [-0.2, 0) is 4.74 Å². The number of nitrogens with zero attached hydrogens (tertiary/aromatic N) is 4. The van der Waals surface area contributed by atoms with Crippen LogP contribution in [0.15, 0.2) is 60.9 Å². The first-order valence-electron chi connectivity index (χ1n) is 10.4. The van der Waals surface area contributed by atoms with Gasteiger partial charge >= 0.3 is 6.30 Å². The zero-order chi connectivity index (χ0) is 24.6. The number of anilines is 1. The molecule has 0 bridgehead atoms. The molecule has 0 radical (unpaired) electrons. The standard InChI is InChI=1S/C16H16N4O.C8H6F3NO/c1-12-14(3-2-4-18-12)13-9-16(15(10-17)19-11-13)20-5-7-21-8-6-20;9-8(10,11)12-7(13)6-4-2-1-3-5-6/h2-4,9,11H,5-8H2,1H3;1-5H,(H,12,13). The topological polar surface area (TPSA) is 91.1 Å². The van der Waals surface area contributed by atoms with E-state index in [1.165, 1.54) is 24.3 Å². The van der Waals surface area contributed by atoms with E-state index in [-0.39, 0.29) is 5.56 Å². The Morgan fingerprint density at radius 1 is 1.12 bits per heavy atom. The molecule has 0 unspecified atom stereocenters. The van der Waals surface area contributed by atoms with Gasteiger partial charge in [0.1, 0.15) is 6.07 Å². The van der Waals surface area contributed by atoms with Gasteiger partial charge in [-0.2, -0.15) is 18.4 Å². The Bertz CT molecular complexity index is 1160. The van der Waals surface area contributed by atoms with Crippen LogP contribution in [-0.4, -0.2) is 48.5 Å². The molecule has 0 saturated carbocycles. The maximum Gasteiger partial charge on any atom is 0.484 e. The second-order valence-corrected chi connectivity index (χ2v) is 7.26. The van der Waals surface area contributed by atoms with Crippen molar-refractivity contribution in [2.24, 2.45) is 0 Å². The minimum Gasteiger partial charge on any atom is -0.378 e. The van der Waals surface area contributed by atoms with Gasteiger partial charge in [-0.25, -0.2) is 4.98 Å². The molecule has 1 N–H and O–H groups in total. The van der Waals surface area contributed by atoms with Crippen LogP contribution >= 0.6 is 0 Å². The Morgan fingerprint density at radius 3 is 2.44 bits per heavy atom. The molecule has 10 heteroatoms. The maximum absolute atomic E-state index is 11.7. The number of nitriles is 1. The largest absolute Gasteiger partial charge is 0.484 e. The van der Waals surface area contributed by atoms with Gasteiger partial charge in [0.2, 0.25) is 0 Å². The number of pyridine rings is 2. The number of alkyl halides is 3. The minimum atomic E-state index is -4.67. The summed E-state index contributed by atoms with van der Waals surface area (Å²) < 4.78 is 40.4. The normalized spacial score (nSPS) is 13.3. The van der Waals surface area contributed by atoms with Crippen molar-refractivity contribution in [1.29, 1.82) is 5.26 Å². The summed E-state index contributed by atoms with van der Waals surface area (Å²) in [6, 6.07) is 15.4. The number of amides is 1. The Kier molecular flexibility index (Phi) is 8.16. The highest BCUT2D eigenvalue weighted by Gasteiger charge is 2.30. The van der Waals surface area contributed by atoms with Gasteiger partial charge in [0.15, 0.2) is 5.69 Å². The first-order chi connectivity index (χ1) is 16.3. The van der Waals surface area contributed by atoms with Crippen LogP contribution in [0.3, 0.4) is 0 Å². The van der Waals surface area contributed by atoms with Crippen molar-refractivity contribution in [3.63, 3.8) is 0 Å². The molecule has 0 atom stereocenters. The monoisotopic (exact) mass is 469 g/mol. The van der Waals surface area contributed by atoms with E-state index in [0.717, 1.165) is 40.9 Å². The molecule has 0 aliphatic carbocycles. The Labute approximate surface area is 194 Å². The van der Waals surface area contributed by atoms with Crippen molar-refractivity contribution in [1.82, 2.24) is 15.3 Å². The second kappa shape index (κ2) is 11.2. The van der Waals surface area contributed by atoms with Crippen molar-refractivity contribution in [3.05, 3.63) is 77.9 Å². The van der Waals surface area contributed by atoms with Gasteiger partial charge in [-0.1, -0.05) is 24.3 Å². The molecule has 1 amide bonds. The van der Waals surface area contributed by atoms with Gasteiger partial charge in [0.05, 0.1) is 18.9 Å². The number of ether oxygens (including phenoxy) is 1. The summed E-state index contributed by atoms with van der Waals surface area (Å²) in [5.74, 6) is -1.15. The number of halogens is 3. The van der Waals surface area contributed by atoms with E-state index in [4.69, 9.17) is 4.74 Å². The number of morpholine rings is 1. The second-order valence-electron chi connectivity index (χ2n) is 7.26. The Balaban J connectivity index is 0.000000215. The lowest BCUT2D eigenvalue weighted by molar-refractivity contribution is -0.146. The molecule has 34 heavy (non-hydrogen) atoms. The smallest absolute Gasteiger partial charge is 0.378 e. The highest BCUT2D eigenvalue weighted by Crippen LogP contribution is 2.28. The molecule has 3 heterocycles. The summed E-state index contributed by atoms with van der Waals surface area (Å²) in [6.45, 7) is 4.90. The minimum absolute atomic E-state index is 0.0141. The number of hydrogen-bond donors (Lipinski definition) is 1. The number of rotatable bonds is 3. The summed E-state index contributed by atoms with van der Waals surface area (Å²) in [6.07, 6.45) is -1.15. The summed E-state index contributed by atoms with van der Waals surface area (Å²) in [4.78, 5) is 21.6. The molecular formula is C24H22F3N5O2. The number of hydrogen-bond acceptors (Lipinski definition) is 6. The molecule has 0 spiro atoms. The number of nitrogens with one attached hydrogen (secondary N) is 1. The number of aromatic nitrogens is 2. The summed E-state index contributed by atoms with van der Waals surface area (Å²) in [7, 11) is 0. The molecule has 1 aliphatic heterocycles. The van der Waals surface area contributed by atoms with Gasteiger partial charge in [0, 0.05) is 47.9 Å². The average molecular weight is 469 g/mol. The lowest BCUT2D eigenvalue weighted by atomic mass is 10.0. The molecular weight excluding hydrogens is 447 g/mol. The first kappa shape index (κ1) is 24.7. The van der Waals surface area contributed by atoms with Crippen molar-refractivity contribution >= 4 is 11.6 Å². The third kappa shape index (κ3) is 6.76. The van der Waals surface area contributed by atoms with Crippen LogP contribution in [0.1, 0.15) is 21.7 Å². The summed E-state index contributed by atoms with van der Waals surface area (Å²) in [5.41, 5.74) is 4.31. The van der Waals surface area contributed by atoms with Crippen LogP contribution < -0.4 is 10.2 Å². The molecule has 4 rings (SSSR count).